The Morgan fingerprint density at radius 1 is 1.14 bits per heavy atom. The number of carbonyl (C=O) groups excluding carboxylic acids is 1. The van der Waals surface area contributed by atoms with E-state index in [0.29, 0.717) is 29.8 Å². The third-order valence-electron chi connectivity index (χ3n) is 9.44. The Hall–Kier alpha value is -3.16. The summed E-state index contributed by atoms with van der Waals surface area (Å²) in [5.41, 5.74) is -2.94. The van der Waals surface area contributed by atoms with Crippen LogP contribution in [-0.2, 0) is 22.6 Å². The number of aliphatic hydroxyl groups is 2. The lowest BCUT2D eigenvalue weighted by Gasteiger charge is -2.51. The predicted octanol–water partition coefficient (Wildman–Crippen LogP) is 0.244. The second kappa shape index (κ2) is 10.5. The molecule has 2 atom stereocenters. The fourth-order valence-corrected chi connectivity index (χ4v) is 6.69. The van der Waals surface area contributed by atoms with E-state index in [0.717, 1.165) is 0 Å². The van der Waals surface area contributed by atoms with E-state index < -0.39 is 39.3 Å². The Labute approximate surface area is 259 Å². The maximum Gasteiger partial charge on any atom is 0.257 e. The first-order valence-electron chi connectivity index (χ1n) is 14.3. The van der Waals surface area contributed by atoms with Gasteiger partial charge in [-0.25, -0.2) is 14.4 Å². The molecule has 1 saturated carbocycles. The van der Waals surface area contributed by atoms with Crippen LogP contribution in [-0.4, -0.2) is 73.2 Å². The topological polar surface area (TPSA) is 120 Å². The lowest BCUT2D eigenvalue weighted by molar-refractivity contribution is -0.169. The lowest BCUT2D eigenvalue weighted by atomic mass is 9.43. The molecule has 3 aromatic rings. The van der Waals surface area contributed by atoms with Gasteiger partial charge in [0.05, 0.1) is 28.8 Å². The molecule has 8 nitrogen and oxygen atoms in total. The van der Waals surface area contributed by atoms with Crippen LogP contribution in [0.3, 0.4) is 0 Å². The largest absolute Gasteiger partial charge is 0.407 e. The fraction of sp³-hybridized carbons (Fsp3) is 0.379. The molecule has 2 aliphatic rings. The highest BCUT2D eigenvalue weighted by Gasteiger charge is 2.66. The first kappa shape index (κ1) is 31.3. The number of fused-ring (bicyclic) bond motifs is 1. The molecule has 0 bridgehead atoms. The zero-order chi connectivity index (χ0) is 31.6. The summed E-state index contributed by atoms with van der Waals surface area (Å²) in [6.07, 6.45) is 4.34. The molecule has 5 rings (SSSR count). The van der Waals surface area contributed by atoms with Crippen molar-refractivity contribution in [3.63, 3.8) is 0 Å². The van der Waals surface area contributed by atoms with Crippen LogP contribution in [0.1, 0.15) is 71.5 Å². The Balaban J connectivity index is 1.81. The smallest absolute Gasteiger partial charge is 0.257 e. The molecule has 1 aromatic heterocycles. The fourth-order valence-electron chi connectivity index (χ4n) is 6.56. The summed E-state index contributed by atoms with van der Waals surface area (Å²) in [4.78, 5) is 24.4. The van der Waals surface area contributed by atoms with Crippen LogP contribution < -0.4 is 0 Å². The predicted molar refractivity (Wildman–Crippen MR) is 170 cm³/mol. The summed E-state index contributed by atoms with van der Waals surface area (Å²) in [6, 6.07) is 11.4. The molecule has 1 unspecified atom stereocenters. The van der Waals surface area contributed by atoms with Crippen molar-refractivity contribution in [1.82, 2.24) is 14.9 Å². The number of hydrogen-bond acceptors (Lipinski definition) is 7. The molecule has 1 amide bonds. The monoisotopic (exact) mass is 598 g/mol. The quantitative estimate of drug-likeness (QED) is 0.339. The van der Waals surface area contributed by atoms with Crippen LogP contribution in [0.4, 0.5) is 4.39 Å². The van der Waals surface area contributed by atoms with Crippen LogP contribution >= 0.6 is 11.6 Å². The summed E-state index contributed by atoms with van der Waals surface area (Å²) in [5.74, 6) is -1.06. The average Bonchev–Trinajstić information content (AvgIpc) is 3.75. The maximum atomic E-state index is 16.7. The third kappa shape index (κ3) is 4.98. The van der Waals surface area contributed by atoms with E-state index in [1.165, 1.54) is 29.4 Å². The van der Waals surface area contributed by atoms with Crippen molar-refractivity contribution in [2.75, 3.05) is 0 Å². The van der Waals surface area contributed by atoms with Crippen LogP contribution in [0.25, 0.3) is 0 Å². The van der Waals surface area contributed by atoms with Crippen LogP contribution in [0.2, 0.25) is 5.02 Å². The molecular weight excluding hydrogens is 566 g/mol. The molecule has 0 saturated heterocycles. The van der Waals surface area contributed by atoms with Gasteiger partial charge in [-0.05, 0) is 61.4 Å². The summed E-state index contributed by atoms with van der Waals surface area (Å²) in [5, 5.41) is 29.8. The SMILES string of the molecule is BC(B)(O)C1(C(B)(B)O[C@]2(c3ccc(Cl)cc3)c3c(F)cc(C(C)(O)CC)cc3C(=O)N2Cc2ncc(C#N)cn2)CC1. The molecule has 2 N–H and O–H groups in total. The second-order valence-corrected chi connectivity index (χ2v) is 13.2. The van der Waals surface area contributed by atoms with Crippen LogP contribution in [0, 0.1) is 22.6 Å². The molecule has 1 aliphatic heterocycles. The molecule has 0 spiro atoms. The van der Waals surface area contributed by atoms with Crippen molar-refractivity contribution < 1.29 is 24.1 Å². The van der Waals surface area contributed by atoms with Crippen molar-refractivity contribution in [2.45, 2.75) is 61.8 Å². The number of nitriles is 1. The van der Waals surface area contributed by atoms with Gasteiger partial charge in [-0.3, -0.25) is 9.69 Å². The minimum absolute atomic E-state index is 0.0104. The van der Waals surface area contributed by atoms with Crippen LogP contribution in [0.5, 0.6) is 0 Å². The molecular formula is C29H32B4ClFN4O4. The van der Waals surface area contributed by atoms with E-state index in [1.807, 2.05) is 21.8 Å². The van der Waals surface area contributed by atoms with E-state index in [9.17, 15) is 20.3 Å². The highest BCUT2D eigenvalue weighted by molar-refractivity contribution is 6.45. The first-order valence-corrected chi connectivity index (χ1v) is 14.7. The highest BCUT2D eigenvalue weighted by Crippen LogP contribution is 2.61. The minimum atomic E-state index is -1.83. The van der Waals surface area contributed by atoms with Crippen molar-refractivity contribution >= 4 is 48.9 Å². The Morgan fingerprint density at radius 2 is 1.74 bits per heavy atom. The van der Waals surface area contributed by atoms with E-state index in [2.05, 4.69) is 9.97 Å². The van der Waals surface area contributed by atoms with E-state index in [1.54, 1.807) is 53.8 Å². The van der Waals surface area contributed by atoms with Gasteiger partial charge in [-0.15, -0.1) is 0 Å². The number of benzene rings is 2. The van der Waals surface area contributed by atoms with Crippen LogP contribution in [0.15, 0.2) is 48.8 Å². The van der Waals surface area contributed by atoms with Gasteiger partial charge in [0.15, 0.2) is 5.72 Å². The molecule has 43 heavy (non-hydrogen) atoms. The third-order valence-corrected chi connectivity index (χ3v) is 9.69. The molecule has 1 fully saturated rings. The lowest BCUT2D eigenvalue weighted by Crippen LogP contribution is -2.62. The Morgan fingerprint density at radius 3 is 2.26 bits per heavy atom. The van der Waals surface area contributed by atoms with E-state index in [4.69, 9.17) is 16.3 Å². The number of rotatable bonds is 9. The van der Waals surface area contributed by atoms with Crippen molar-refractivity contribution in [2.24, 2.45) is 5.41 Å². The summed E-state index contributed by atoms with van der Waals surface area (Å²) >= 11 is 6.28. The average molecular weight is 598 g/mol. The molecule has 0 radical (unpaired) electrons. The number of ether oxygens (including phenoxy) is 1. The van der Waals surface area contributed by atoms with Crippen molar-refractivity contribution in [3.05, 3.63) is 93.3 Å². The Kier molecular flexibility index (Phi) is 7.62. The molecule has 2 aromatic carbocycles. The van der Waals surface area contributed by atoms with Gasteiger partial charge in [0.1, 0.15) is 49.1 Å². The zero-order valence-electron chi connectivity index (χ0n) is 25.2. The first-order chi connectivity index (χ1) is 20.0. The second-order valence-electron chi connectivity index (χ2n) is 12.8. The molecule has 2 heterocycles. The van der Waals surface area contributed by atoms with Crippen molar-refractivity contribution in [1.29, 1.82) is 5.26 Å². The van der Waals surface area contributed by atoms with Gasteiger partial charge in [-0.1, -0.05) is 30.7 Å². The van der Waals surface area contributed by atoms with Gasteiger partial charge in [0.25, 0.3) is 5.91 Å². The van der Waals surface area contributed by atoms with Gasteiger partial charge in [0.2, 0.25) is 0 Å². The normalized spacial score (nSPS) is 20.8. The highest BCUT2D eigenvalue weighted by atomic mass is 35.5. The number of nitrogens with zero attached hydrogens (tertiary/aromatic N) is 4. The van der Waals surface area contributed by atoms with Gasteiger partial charge in [-0.2, -0.15) is 5.26 Å². The molecule has 1 aliphatic carbocycles. The minimum Gasteiger partial charge on any atom is -0.407 e. The maximum absolute atomic E-state index is 16.7. The van der Waals surface area contributed by atoms with Gasteiger partial charge in [0, 0.05) is 33.8 Å². The van der Waals surface area contributed by atoms with E-state index >= 15 is 4.39 Å². The Bertz CT molecular complexity index is 1620. The summed E-state index contributed by atoms with van der Waals surface area (Å²) < 4.78 is 23.8. The molecule has 14 heteroatoms. The summed E-state index contributed by atoms with van der Waals surface area (Å²) in [6.45, 7) is 3.16. The zero-order valence-corrected chi connectivity index (χ0v) is 26.0. The van der Waals surface area contributed by atoms with Crippen molar-refractivity contribution in [3.8, 4) is 6.07 Å². The standard InChI is InChI=1S/C29H32B4ClFN4O4/c1-3-25(2,41)18-10-20-23(21(35)11-18)27(17-4-6-19(34)7-5-17,43-29(32,33)26(8-9-26)28(30,31)42)39(24(20)40)15-22-37-13-16(12-36)14-38-22/h4-7,10-11,13-14,41-42H,3,8-9,15,30-33H2,1-2H3/t25?,27-/m1/s1. The number of hydrogen-bond donors (Lipinski definition) is 2. The number of aromatic nitrogens is 2. The summed E-state index contributed by atoms with van der Waals surface area (Å²) in [7, 11) is 7.16. The van der Waals surface area contributed by atoms with E-state index in [-0.39, 0.29) is 34.6 Å². The number of halogens is 2. The van der Waals surface area contributed by atoms with Gasteiger partial charge >= 0.3 is 0 Å². The van der Waals surface area contributed by atoms with Gasteiger partial charge < -0.3 is 14.9 Å². The molecule has 218 valence electrons. The number of amides is 1. The number of carbonyl (C=O) groups is 1.